The Hall–Kier alpha value is -2.25. The lowest BCUT2D eigenvalue weighted by Gasteiger charge is -2.25. The standard InChI is InChI=1S/C21H25F3N2O2/c1-28-19-8-6-18(7-9-19)26-11-3-10-25(12-13-26)15-20(27)16-4-2-5-17(14-16)21(22,23)24/h2,4-9,14,20,27H,3,10-13,15H2,1H3/t20-/m0/s1. The molecule has 0 spiro atoms. The van der Waals surface area contributed by atoms with Gasteiger partial charge in [-0.1, -0.05) is 12.1 Å². The number of nitrogens with zero attached hydrogens (tertiary/aromatic N) is 2. The molecular weight excluding hydrogens is 369 g/mol. The van der Waals surface area contributed by atoms with Crippen molar-refractivity contribution in [2.75, 3.05) is 44.7 Å². The highest BCUT2D eigenvalue weighted by Crippen LogP contribution is 2.31. The molecule has 0 saturated carbocycles. The number of aliphatic hydroxyl groups excluding tert-OH is 1. The predicted octanol–water partition coefficient (Wildman–Crippen LogP) is 3.96. The van der Waals surface area contributed by atoms with Crippen molar-refractivity contribution in [1.82, 2.24) is 4.90 Å². The summed E-state index contributed by atoms with van der Waals surface area (Å²) in [6.45, 7) is 3.53. The summed E-state index contributed by atoms with van der Waals surface area (Å²) in [5, 5.41) is 10.5. The third-order valence-electron chi connectivity index (χ3n) is 5.06. The average Bonchev–Trinajstić information content (AvgIpc) is 2.93. The lowest BCUT2D eigenvalue weighted by Crippen LogP contribution is -2.33. The van der Waals surface area contributed by atoms with Gasteiger partial charge in [-0.3, -0.25) is 4.90 Å². The van der Waals surface area contributed by atoms with Crippen LogP contribution < -0.4 is 9.64 Å². The van der Waals surface area contributed by atoms with Gasteiger partial charge in [0.25, 0.3) is 0 Å². The quantitative estimate of drug-likeness (QED) is 0.833. The molecule has 1 saturated heterocycles. The fourth-order valence-corrected chi connectivity index (χ4v) is 3.48. The highest BCUT2D eigenvalue weighted by Gasteiger charge is 2.31. The van der Waals surface area contributed by atoms with Crippen molar-refractivity contribution in [3.8, 4) is 5.75 Å². The van der Waals surface area contributed by atoms with Crippen LogP contribution >= 0.6 is 0 Å². The summed E-state index contributed by atoms with van der Waals surface area (Å²) < 4.78 is 43.9. The van der Waals surface area contributed by atoms with Crippen molar-refractivity contribution in [2.24, 2.45) is 0 Å². The van der Waals surface area contributed by atoms with Crippen LogP contribution in [0.3, 0.4) is 0 Å². The van der Waals surface area contributed by atoms with Gasteiger partial charge in [0.1, 0.15) is 5.75 Å². The van der Waals surface area contributed by atoms with Crippen molar-refractivity contribution < 1.29 is 23.0 Å². The molecule has 0 radical (unpaired) electrons. The molecule has 3 rings (SSSR count). The Labute approximate surface area is 163 Å². The van der Waals surface area contributed by atoms with Crippen LogP contribution in [0.5, 0.6) is 5.75 Å². The maximum Gasteiger partial charge on any atom is 0.416 e. The van der Waals surface area contributed by atoms with Crippen molar-refractivity contribution in [1.29, 1.82) is 0 Å². The van der Waals surface area contributed by atoms with Gasteiger partial charge >= 0.3 is 6.18 Å². The summed E-state index contributed by atoms with van der Waals surface area (Å²) in [5.74, 6) is 0.810. The Morgan fingerprint density at radius 3 is 2.46 bits per heavy atom. The highest BCUT2D eigenvalue weighted by molar-refractivity contribution is 5.49. The van der Waals surface area contributed by atoms with Crippen LogP contribution in [-0.2, 0) is 6.18 Å². The van der Waals surface area contributed by atoms with Gasteiger partial charge in [-0.05, 0) is 48.4 Å². The summed E-state index contributed by atoms with van der Waals surface area (Å²) >= 11 is 0. The van der Waals surface area contributed by atoms with Crippen molar-refractivity contribution in [3.05, 3.63) is 59.7 Å². The minimum atomic E-state index is -4.41. The van der Waals surface area contributed by atoms with E-state index < -0.39 is 17.8 Å². The van der Waals surface area contributed by atoms with E-state index in [1.54, 1.807) is 13.2 Å². The molecule has 7 heteroatoms. The van der Waals surface area contributed by atoms with Crippen LogP contribution in [0, 0.1) is 0 Å². The molecule has 0 aromatic heterocycles. The maximum atomic E-state index is 12.9. The number of methoxy groups -OCH3 is 1. The van der Waals surface area contributed by atoms with Crippen LogP contribution in [0.4, 0.5) is 18.9 Å². The number of β-amino-alcohol motifs (C(OH)–C–C–N with tert-alkyl or cyclic N) is 1. The van der Waals surface area contributed by atoms with E-state index in [1.807, 2.05) is 24.3 Å². The summed E-state index contributed by atoms with van der Waals surface area (Å²) in [6.07, 6.45) is -4.44. The third-order valence-corrected chi connectivity index (χ3v) is 5.06. The van der Waals surface area contributed by atoms with E-state index in [-0.39, 0.29) is 0 Å². The molecule has 1 aliphatic heterocycles. The maximum absolute atomic E-state index is 12.9. The van der Waals surface area contributed by atoms with Gasteiger partial charge in [0.2, 0.25) is 0 Å². The molecular formula is C21H25F3N2O2. The summed E-state index contributed by atoms with van der Waals surface area (Å²) in [6, 6.07) is 12.8. The van der Waals surface area contributed by atoms with Gasteiger partial charge in [-0.2, -0.15) is 13.2 Å². The van der Waals surface area contributed by atoms with Crippen LogP contribution in [0.25, 0.3) is 0 Å². The molecule has 0 amide bonds. The van der Waals surface area contributed by atoms with Gasteiger partial charge in [0, 0.05) is 38.4 Å². The zero-order valence-electron chi connectivity index (χ0n) is 15.8. The average molecular weight is 394 g/mol. The van der Waals surface area contributed by atoms with E-state index in [1.165, 1.54) is 6.07 Å². The minimum Gasteiger partial charge on any atom is -0.497 e. The van der Waals surface area contributed by atoms with Crippen LogP contribution in [-0.4, -0.2) is 49.8 Å². The van der Waals surface area contributed by atoms with E-state index in [9.17, 15) is 18.3 Å². The van der Waals surface area contributed by atoms with Gasteiger partial charge in [-0.25, -0.2) is 0 Å². The second-order valence-corrected chi connectivity index (χ2v) is 6.98. The van der Waals surface area contributed by atoms with Gasteiger partial charge in [0.05, 0.1) is 18.8 Å². The second kappa shape index (κ2) is 8.84. The van der Waals surface area contributed by atoms with Gasteiger partial charge < -0.3 is 14.7 Å². The van der Waals surface area contributed by atoms with E-state index >= 15 is 0 Å². The lowest BCUT2D eigenvalue weighted by molar-refractivity contribution is -0.137. The molecule has 1 heterocycles. The Bertz CT molecular complexity index is 765. The van der Waals surface area contributed by atoms with E-state index in [0.29, 0.717) is 12.1 Å². The predicted molar refractivity (Wildman–Crippen MR) is 103 cm³/mol. The van der Waals surface area contributed by atoms with E-state index in [0.717, 1.165) is 56.2 Å². The number of benzene rings is 2. The molecule has 0 unspecified atom stereocenters. The number of halogens is 3. The SMILES string of the molecule is COc1ccc(N2CCCN(C[C@H](O)c3cccc(C(F)(F)F)c3)CC2)cc1. The zero-order valence-corrected chi connectivity index (χ0v) is 15.8. The molecule has 1 N–H and O–H groups in total. The molecule has 4 nitrogen and oxygen atoms in total. The normalized spacial score (nSPS) is 17.2. The number of alkyl halides is 3. The number of hydrogen-bond donors (Lipinski definition) is 1. The largest absolute Gasteiger partial charge is 0.497 e. The van der Waals surface area contributed by atoms with Crippen LogP contribution in [0.2, 0.25) is 0 Å². The van der Waals surface area contributed by atoms with Crippen LogP contribution in [0.15, 0.2) is 48.5 Å². The lowest BCUT2D eigenvalue weighted by atomic mass is 10.1. The molecule has 2 aromatic rings. The first-order valence-corrected chi connectivity index (χ1v) is 9.33. The first kappa shape index (κ1) is 20.5. The topological polar surface area (TPSA) is 35.9 Å². The zero-order chi connectivity index (χ0) is 20.1. The molecule has 1 aliphatic rings. The Balaban J connectivity index is 1.59. The fourth-order valence-electron chi connectivity index (χ4n) is 3.48. The highest BCUT2D eigenvalue weighted by atomic mass is 19.4. The van der Waals surface area contributed by atoms with E-state index in [2.05, 4.69) is 9.80 Å². The Kier molecular flexibility index (Phi) is 6.46. The molecule has 1 fully saturated rings. The number of aliphatic hydroxyl groups is 1. The summed E-state index contributed by atoms with van der Waals surface area (Å²) in [4.78, 5) is 4.38. The molecule has 152 valence electrons. The van der Waals surface area contributed by atoms with Gasteiger partial charge in [0.15, 0.2) is 0 Å². The molecule has 0 aliphatic carbocycles. The Morgan fingerprint density at radius 2 is 1.79 bits per heavy atom. The number of anilines is 1. The summed E-state index contributed by atoms with van der Waals surface area (Å²) in [5.41, 5.74) is 0.678. The van der Waals surface area contributed by atoms with E-state index in [4.69, 9.17) is 4.74 Å². The number of rotatable bonds is 5. The van der Waals surface area contributed by atoms with Crippen molar-refractivity contribution in [2.45, 2.75) is 18.7 Å². The monoisotopic (exact) mass is 394 g/mol. The minimum absolute atomic E-state index is 0.297. The number of ether oxygens (including phenoxy) is 1. The number of hydrogen-bond acceptors (Lipinski definition) is 4. The molecule has 1 atom stereocenters. The fraction of sp³-hybridized carbons (Fsp3) is 0.429. The first-order chi connectivity index (χ1) is 13.4. The second-order valence-electron chi connectivity index (χ2n) is 6.98. The summed E-state index contributed by atoms with van der Waals surface area (Å²) in [7, 11) is 1.63. The van der Waals surface area contributed by atoms with Crippen LogP contribution in [0.1, 0.15) is 23.7 Å². The molecule has 28 heavy (non-hydrogen) atoms. The molecule has 2 aromatic carbocycles. The van der Waals surface area contributed by atoms with Crippen molar-refractivity contribution >= 4 is 5.69 Å². The van der Waals surface area contributed by atoms with Gasteiger partial charge in [-0.15, -0.1) is 0 Å². The molecule has 0 bridgehead atoms. The van der Waals surface area contributed by atoms with Crippen molar-refractivity contribution in [3.63, 3.8) is 0 Å². The first-order valence-electron chi connectivity index (χ1n) is 9.33. The smallest absolute Gasteiger partial charge is 0.416 e. The Morgan fingerprint density at radius 1 is 1.04 bits per heavy atom. The third kappa shape index (κ3) is 5.17.